The van der Waals surface area contributed by atoms with Gasteiger partial charge in [0.1, 0.15) is 0 Å². The van der Waals surface area contributed by atoms with Crippen LogP contribution in [0.5, 0.6) is 0 Å². The third kappa shape index (κ3) is 1.91. The number of carbonyl (C=O) groups is 1. The molecule has 0 radical (unpaired) electrons. The van der Waals surface area contributed by atoms with E-state index >= 15 is 0 Å². The fourth-order valence-electron chi connectivity index (χ4n) is 1.45. The number of sulfonamides is 1. The second-order valence-corrected chi connectivity index (χ2v) is 6.05. The van der Waals surface area contributed by atoms with E-state index in [1.165, 1.54) is 0 Å². The van der Waals surface area contributed by atoms with E-state index in [2.05, 4.69) is 15.9 Å². The van der Waals surface area contributed by atoms with Crippen LogP contribution in [0.15, 0.2) is 28.7 Å². The molecular weight excluding hydrogens is 282 g/mol. The predicted octanol–water partition coefficient (Wildman–Crippen LogP) is 1.52. The maximum absolute atomic E-state index is 11.6. The van der Waals surface area contributed by atoms with Gasteiger partial charge in [0.05, 0.1) is 11.4 Å². The van der Waals surface area contributed by atoms with Gasteiger partial charge in [0, 0.05) is 10.9 Å². The number of hydrogen-bond donors (Lipinski definition) is 0. The molecule has 80 valence electrons. The Bertz CT molecular complexity index is 495. The summed E-state index contributed by atoms with van der Waals surface area (Å²) >= 11 is 3.24. The topological polar surface area (TPSA) is 54.5 Å². The molecule has 6 heteroatoms. The van der Waals surface area contributed by atoms with Crippen molar-refractivity contribution in [3.63, 3.8) is 0 Å². The Morgan fingerprint density at radius 2 is 1.80 bits per heavy atom. The van der Waals surface area contributed by atoms with E-state index in [1.54, 1.807) is 24.3 Å². The minimum Gasteiger partial charge on any atom is -0.273 e. The van der Waals surface area contributed by atoms with Crippen LogP contribution >= 0.6 is 15.9 Å². The molecule has 4 nitrogen and oxygen atoms in total. The highest BCUT2D eigenvalue weighted by molar-refractivity contribution is 9.10. The number of rotatable bonds is 1. The SMILES string of the molecule is O=C1CCS(=O)(=O)N1c1ccc(Br)cc1. The van der Waals surface area contributed by atoms with E-state index in [0.29, 0.717) is 5.69 Å². The van der Waals surface area contributed by atoms with Crippen molar-refractivity contribution in [2.75, 3.05) is 10.1 Å². The molecule has 1 saturated heterocycles. The molecule has 0 unspecified atom stereocenters. The van der Waals surface area contributed by atoms with Crippen molar-refractivity contribution in [2.24, 2.45) is 0 Å². The van der Waals surface area contributed by atoms with E-state index in [-0.39, 0.29) is 18.1 Å². The minimum absolute atomic E-state index is 0.0679. The standard InChI is InChI=1S/C9H8BrNO3S/c10-7-1-3-8(4-2-7)11-9(12)5-6-15(11,13)14/h1-4H,5-6H2. The van der Waals surface area contributed by atoms with Gasteiger partial charge >= 0.3 is 0 Å². The molecule has 0 bridgehead atoms. The van der Waals surface area contributed by atoms with Gasteiger partial charge in [-0.25, -0.2) is 12.7 Å². The average molecular weight is 290 g/mol. The highest BCUT2D eigenvalue weighted by atomic mass is 79.9. The second kappa shape index (κ2) is 3.61. The van der Waals surface area contributed by atoms with Gasteiger partial charge in [0.15, 0.2) is 0 Å². The van der Waals surface area contributed by atoms with Crippen molar-refractivity contribution >= 4 is 37.5 Å². The molecule has 15 heavy (non-hydrogen) atoms. The van der Waals surface area contributed by atoms with Gasteiger partial charge in [-0.3, -0.25) is 4.79 Å². The van der Waals surface area contributed by atoms with Crippen LogP contribution in [0.25, 0.3) is 0 Å². The first-order valence-corrected chi connectivity index (χ1v) is 6.72. The lowest BCUT2D eigenvalue weighted by atomic mass is 10.3. The average Bonchev–Trinajstić information content (AvgIpc) is 2.43. The first-order chi connectivity index (χ1) is 7.00. The zero-order valence-corrected chi connectivity index (χ0v) is 10.1. The van der Waals surface area contributed by atoms with E-state index in [1.807, 2.05) is 0 Å². The molecule has 1 aliphatic rings. The third-order valence-corrected chi connectivity index (χ3v) is 4.36. The molecule has 1 aliphatic heterocycles. The molecule has 0 aromatic heterocycles. The van der Waals surface area contributed by atoms with Crippen molar-refractivity contribution in [3.8, 4) is 0 Å². The zero-order valence-electron chi connectivity index (χ0n) is 7.68. The van der Waals surface area contributed by atoms with Crippen molar-refractivity contribution < 1.29 is 13.2 Å². The highest BCUT2D eigenvalue weighted by Gasteiger charge is 2.35. The van der Waals surface area contributed by atoms with Gasteiger partial charge in [-0.05, 0) is 24.3 Å². The Morgan fingerprint density at radius 3 is 2.27 bits per heavy atom. The summed E-state index contributed by atoms with van der Waals surface area (Å²) in [6, 6.07) is 6.61. The molecular formula is C9H8BrNO3S. The van der Waals surface area contributed by atoms with Crippen LogP contribution in [0.4, 0.5) is 5.69 Å². The van der Waals surface area contributed by atoms with Gasteiger partial charge in [-0.15, -0.1) is 0 Å². The van der Waals surface area contributed by atoms with Gasteiger partial charge in [-0.2, -0.15) is 0 Å². The molecule has 0 N–H and O–H groups in total. The van der Waals surface area contributed by atoms with E-state index in [0.717, 1.165) is 8.78 Å². The summed E-state index contributed by atoms with van der Waals surface area (Å²) in [5, 5.41) is 0. The summed E-state index contributed by atoms with van der Waals surface area (Å²) in [7, 11) is -3.43. The first kappa shape index (κ1) is 10.6. The van der Waals surface area contributed by atoms with Gasteiger partial charge in [-0.1, -0.05) is 15.9 Å². The number of halogens is 1. The van der Waals surface area contributed by atoms with Gasteiger partial charge in [0.2, 0.25) is 15.9 Å². The van der Waals surface area contributed by atoms with Gasteiger partial charge in [0.25, 0.3) is 0 Å². The van der Waals surface area contributed by atoms with Crippen LogP contribution < -0.4 is 4.31 Å². The number of benzene rings is 1. The number of anilines is 1. The van der Waals surface area contributed by atoms with Crippen molar-refractivity contribution in [1.82, 2.24) is 0 Å². The maximum Gasteiger partial charge on any atom is 0.242 e. The quantitative estimate of drug-likeness (QED) is 0.788. The smallest absolute Gasteiger partial charge is 0.242 e. The van der Waals surface area contributed by atoms with Crippen LogP contribution in [-0.4, -0.2) is 20.1 Å². The second-order valence-electron chi connectivity index (χ2n) is 3.20. The minimum atomic E-state index is -3.43. The molecule has 0 spiro atoms. The summed E-state index contributed by atoms with van der Waals surface area (Å²) in [6.45, 7) is 0. The van der Waals surface area contributed by atoms with E-state index < -0.39 is 10.0 Å². The monoisotopic (exact) mass is 289 g/mol. The lowest BCUT2D eigenvalue weighted by Gasteiger charge is -2.14. The molecule has 2 rings (SSSR count). The Labute approximate surface area is 96.1 Å². The summed E-state index contributed by atoms with van der Waals surface area (Å²) in [6.07, 6.45) is 0.0679. The number of hydrogen-bond acceptors (Lipinski definition) is 3. The van der Waals surface area contributed by atoms with Crippen LogP contribution in [0.3, 0.4) is 0 Å². The lowest BCUT2D eigenvalue weighted by molar-refractivity contribution is -0.116. The van der Waals surface area contributed by atoms with E-state index in [4.69, 9.17) is 0 Å². The summed E-state index contributed by atoms with van der Waals surface area (Å²) in [5.41, 5.74) is 0.403. The van der Waals surface area contributed by atoms with Crippen LogP contribution in [0, 0.1) is 0 Å². The fraction of sp³-hybridized carbons (Fsp3) is 0.222. The Balaban J connectivity index is 2.46. The first-order valence-electron chi connectivity index (χ1n) is 4.32. The summed E-state index contributed by atoms with van der Waals surface area (Å²) in [4.78, 5) is 11.4. The number of amides is 1. The summed E-state index contributed by atoms with van der Waals surface area (Å²) < 4.78 is 24.8. The van der Waals surface area contributed by atoms with Crippen LogP contribution in [0.2, 0.25) is 0 Å². The van der Waals surface area contributed by atoms with Crippen molar-refractivity contribution in [2.45, 2.75) is 6.42 Å². The normalized spacial score (nSPS) is 19.5. The fourth-order valence-corrected chi connectivity index (χ4v) is 3.17. The molecule has 1 aromatic carbocycles. The molecule has 1 aromatic rings. The van der Waals surface area contributed by atoms with Crippen molar-refractivity contribution in [1.29, 1.82) is 0 Å². The molecule has 1 amide bonds. The van der Waals surface area contributed by atoms with Crippen molar-refractivity contribution in [3.05, 3.63) is 28.7 Å². The Hall–Kier alpha value is -0.880. The Morgan fingerprint density at radius 1 is 1.20 bits per heavy atom. The molecule has 0 saturated carbocycles. The molecule has 0 aliphatic carbocycles. The zero-order chi connectivity index (χ0) is 11.1. The van der Waals surface area contributed by atoms with Crippen LogP contribution in [0.1, 0.15) is 6.42 Å². The summed E-state index contributed by atoms with van der Waals surface area (Å²) in [5.74, 6) is -0.459. The predicted molar refractivity (Wildman–Crippen MR) is 60.0 cm³/mol. The molecule has 1 fully saturated rings. The molecule has 0 atom stereocenters. The highest BCUT2D eigenvalue weighted by Crippen LogP contribution is 2.26. The third-order valence-electron chi connectivity index (χ3n) is 2.14. The maximum atomic E-state index is 11.6. The number of carbonyl (C=O) groups excluding carboxylic acids is 1. The molecule has 1 heterocycles. The van der Waals surface area contributed by atoms with E-state index in [9.17, 15) is 13.2 Å². The lowest BCUT2D eigenvalue weighted by Crippen LogP contribution is -2.29. The van der Waals surface area contributed by atoms with Crippen LogP contribution in [-0.2, 0) is 14.8 Å². The van der Waals surface area contributed by atoms with Gasteiger partial charge < -0.3 is 0 Å². The largest absolute Gasteiger partial charge is 0.273 e. The Kier molecular flexibility index (Phi) is 2.56. The number of nitrogens with zero attached hydrogens (tertiary/aromatic N) is 1.